The Balaban J connectivity index is 2.75. The molecule has 3 nitrogen and oxygen atoms in total. The Morgan fingerprint density at radius 2 is 1.84 bits per heavy atom. The molecule has 1 aromatic carbocycles. The molecule has 0 unspecified atom stereocenters. The van der Waals surface area contributed by atoms with Crippen molar-refractivity contribution in [1.82, 2.24) is 0 Å². The number of rotatable bonds is 7. The summed E-state index contributed by atoms with van der Waals surface area (Å²) in [5, 5.41) is 0. The lowest BCUT2D eigenvalue weighted by molar-refractivity contribution is -0.142. The first kappa shape index (κ1) is 16.5. The SMILES string of the molecule is CCCCOc1c(Br)cc(CC(=O)OCC)cc1Br. The number of hydrogen-bond acceptors (Lipinski definition) is 3. The minimum atomic E-state index is -0.221. The van der Waals surface area contributed by atoms with Crippen LogP contribution in [-0.2, 0) is 16.0 Å². The molecule has 0 atom stereocenters. The summed E-state index contributed by atoms with van der Waals surface area (Å²) >= 11 is 6.94. The van der Waals surface area contributed by atoms with E-state index >= 15 is 0 Å². The summed E-state index contributed by atoms with van der Waals surface area (Å²) in [6.45, 7) is 5.01. The van der Waals surface area contributed by atoms with Gasteiger partial charge in [0.05, 0.1) is 28.6 Å². The van der Waals surface area contributed by atoms with Gasteiger partial charge in [-0.15, -0.1) is 0 Å². The van der Waals surface area contributed by atoms with Crippen LogP contribution in [-0.4, -0.2) is 19.2 Å². The summed E-state index contributed by atoms with van der Waals surface area (Å²) in [5.41, 5.74) is 0.889. The molecule has 0 radical (unpaired) electrons. The third-order valence-electron chi connectivity index (χ3n) is 2.46. The van der Waals surface area contributed by atoms with Crippen LogP contribution < -0.4 is 4.74 Å². The summed E-state index contributed by atoms with van der Waals surface area (Å²) in [6, 6.07) is 3.78. The number of benzene rings is 1. The molecule has 0 saturated heterocycles. The zero-order chi connectivity index (χ0) is 14.3. The summed E-state index contributed by atoms with van der Waals surface area (Å²) in [7, 11) is 0. The van der Waals surface area contributed by atoms with Crippen molar-refractivity contribution in [1.29, 1.82) is 0 Å². The number of hydrogen-bond donors (Lipinski definition) is 0. The van der Waals surface area contributed by atoms with Crippen LogP contribution in [0.5, 0.6) is 5.75 Å². The zero-order valence-corrected chi connectivity index (χ0v) is 14.3. The Morgan fingerprint density at radius 3 is 2.37 bits per heavy atom. The molecular weight excluding hydrogens is 376 g/mol. The zero-order valence-electron chi connectivity index (χ0n) is 11.2. The number of unbranched alkanes of at least 4 members (excludes halogenated alkanes) is 1. The van der Waals surface area contributed by atoms with Crippen molar-refractivity contribution in [3.63, 3.8) is 0 Å². The van der Waals surface area contributed by atoms with Crippen LogP contribution in [0.1, 0.15) is 32.3 Å². The highest BCUT2D eigenvalue weighted by Crippen LogP contribution is 2.35. The van der Waals surface area contributed by atoms with E-state index < -0.39 is 0 Å². The van der Waals surface area contributed by atoms with E-state index in [-0.39, 0.29) is 12.4 Å². The molecule has 0 heterocycles. The van der Waals surface area contributed by atoms with Crippen molar-refractivity contribution in [2.24, 2.45) is 0 Å². The smallest absolute Gasteiger partial charge is 0.310 e. The van der Waals surface area contributed by atoms with Gasteiger partial charge >= 0.3 is 5.97 Å². The van der Waals surface area contributed by atoms with E-state index in [1.54, 1.807) is 6.92 Å². The maximum Gasteiger partial charge on any atom is 0.310 e. The van der Waals surface area contributed by atoms with Gasteiger partial charge < -0.3 is 9.47 Å². The van der Waals surface area contributed by atoms with Gasteiger partial charge in [-0.1, -0.05) is 13.3 Å². The standard InChI is InChI=1S/C14H18Br2O3/c1-3-5-6-19-14-11(15)7-10(8-12(14)16)9-13(17)18-4-2/h7-8H,3-6,9H2,1-2H3. The first-order valence-electron chi connectivity index (χ1n) is 6.34. The van der Waals surface area contributed by atoms with E-state index in [0.717, 1.165) is 33.1 Å². The molecule has 0 N–H and O–H groups in total. The van der Waals surface area contributed by atoms with Gasteiger partial charge in [-0.2, -0.15) is 0 Å². The lowest BCUT2D eigenvalue weighted by Crippen LogP contribution is -2.08. The highest BCUT2D eigenvalue weighted by molar-refractivity contribution is 9.11. The topological polar surface area (TPSA) is 35.5 Å². The Hall–Kier alpha value is -0.550. The maximum atomic E-state index is 11.4. The number of carbonyl (C=O) groups is 1. The Kier molecular flexibility index (Phi) is 7.46. The molecule has 0 saturated carbocycles. The second kappa shape index (κ2) is 8.59. The molecule has 1 rings (SSSR count). The van der Waals surface area contributed by atoms with E-state index in [9.17, 15) is 4.79 Å². The van der Waals surface area contributed by atoms with E-state index in [1.165, 1.54) is 0 Å². The number of carbonyl (C=O) groups excluding carboxylic acids is 1. The van der Waals surface area contributed by atoms with Gasteiger partial charge in [-0.05, 0) is 62.9 Å². The van der Waals surface area contributed by atoms with Crippen LogP contribution in [0.25, 0.3) is 0 Å². The lowest BCUT2D eigenvalue weighted by Gasteiger charge is -2.12. The van der Waals surface area contributed by atoms with Crippen LogP contribution in [0.4, 0.5) is 0 Å². The fourth-order valence-electron chi connectivity index (χ4n) is 1.55. The molecule has 1 aromatic rings. The summed E-state index contributed by atoms with van der Waals surface area (Å²) in [4.78, 5) is 11.4. The van der Waals surface area contributed by atoms with Crippen molar-refractivity contribution in [3.8, 4) is 5.75 Å². The second-order valence-corrected chi connectivity index (χ2v) is 5.78. The summed E-state index contributed by atoms with van der Waals surface area (Å²) in [5.74, 6) is 0.557. The third kappa shape index (κ3) is 5.53. The highest BCUT2D eigenvalue weighted by Gasteiger charge is 2.11. The molecule has 0 aromatic heterocycles. The van der Waals surface area contributed by atoms with Gasteiger partial charge in [-0.25, -0.2) is 0 Å². The molecule has 106 valence electrons. The average Bonchev–Trinajstić information content (AvgIpc) is 2.33. The lowest BCUT2D eigenvalue weighted by atomic mass is 10.1. The Labute approximate surface area is 130 Å². The van der Waals surface area contributed by atoms with Crippen LogP contribution in [0.2, 0.25) is 0 Å². The summed E-state index contributed by atoms with van der Waals surface area (Å²) < 4.78 is 12.3. The number of ether oxygens (including phenoxy) is 2. The molecule has 0 spiro atoms. The quantitative estimate of drug-likeness (QED) is 0.505. The number of halogens is 2. The molecule has 0 fully saturated rings. The number of esters is 1. The van der Waals surface area contributed by atoms with E-state index in [2.05, 4.69) is 38.8 Å². The predicted molar refractivity (Wildman–Crippen MR) is 82.6 cm³/mol. The largest absolute Gasteiger partial charge is 0.491 e. The van der Waals surface area contributed by atoms with Crippen molar-refractivity contribution in [2.45, 2.75) is 33.1 Å². The van der Waals surface area contributed by atoms with E-state index in [0.29, 0.717) is 13.2 Å². The maximum absolute atomic E-state index is 11.4. The molecule has 0 aliphatic heterocycles. The molecule has 19 heavy (non-hydrogen) atoms. The van der Waals surface area contributed by atoms with E-state index in [1.807, 2.05) is 12.1 Å². The Morgan fingerprint density at radius 1 is 1.21 bits per heavy atom. The normalized spacial score (nSPS) is 10.3. The first-order chi connectivity index (χ1) is 9.08. The van der Waals surface area contributed by atoms with Gasteiger partial charge in [0.25, 0.3) is 0 Å². The van der Waals surface area contributed by atoms with Crippen molar-refractivity contribution in [3.05, 3.63) is 26.6 Å². The van der Waals surface area contributed by atoms with Gasteiger partial charge in [-0.3, -0.25) is 4.79 Å². The fraction of sp³-hybridized carbons (Fsp3) is 0.500. The van der Waals surface area contributed by atoms with Crippen molar-refractivity contribution >= 4 is 37.8 Å². The van der Waals surface area contributed by atoms with Crippen molar-refractivity contribution in [2.75, 3.05) is 13.2 Å². The van der Waals surface area contributed by atoms with Crippen LogP contribution >= 0.6 is 31.9 Å². The highest BCUT2D eigenvalue weighted by atomic mass is 79.9. The molecule has 0 aliphatic rings. The van der Waals surface area contributed by atoms with Crippen LogP contribution in [0.3, 0.4) is 0 Å². The second-order valence-electron chi connectivity index (χ2n) is 4.07. The minimum absolute atomic E-state index is 0.221. The molecule has 0 aliphatic carbocycles. The Bertz CT molecular complexity index is 410. The van der Waals surface area contributed by atoms with Crippen LogP contribution in [0, 0.1) is 0 Å². The molecule has 5 heteroatoms. The van der Waals surface area contributed by atoms with E-state index in [4.69, 9.17) is 9.47 Å². The van der Waals surface area contributed by atoms with Gasteiger partial charge in [0.2, 0.25) is 0 Å². The monoisotopic (exact) mass is 392 g/mol. The predicted octanol–water partition coefficient (Wildman–Crippen LogP) is 4.50. The minimum Gasteiger partial charge on any atom is -0.491 e. The third-order valence-corrected chi connectivity index (χ3v) is 3.63. The van der Waals surface area contributed by atoms with Gasteiger partial charge in [0.15, 0.2) is 0 Å². The van der Waals surface area contributed by atoms with Crippen LogP contribution in [0.15, 0.2) is 21.1 Å². The average molecular weight is 394 g/mol. The summed E-state index contributed by atoms with van der Waals surface area (Å²) in [6.07, 6.45) is 2.37. The van der Waals surface area contributed by atoms with Gasteiger partial charge in [0, 0.05) is 0 Å². The molecular formula is C14H18Br2O3. The molecule has 0 amide bonds. The first-order valence-corrected chi connectivity index (χ1v) is 7.93. The van der Waals surface area contributed by atoms with Gasteiger partial charge in [0.1, 0.15) is 5.75 Å². The fourth-order valence-corrected chi connectivity index (χ4v) is 3.06. The molecule has 0 bridgehead atoms. The van der Waals surface area contributed by atoms with Crippen molar-refractivity contribution < 1.29 is 14.3 Å².